The monoisotopic (exact) mass is 440 g/mol. The number of H-pyrrole nitrogens is 1. The van der Waals surface area contributed by atoms with Gasteiger partial charge in [0, 0.05) is 36.4 Å². The molecule has 2 aromatic heterocycles. The van der Waals surface area contributed by atoms with Crippen LogP contribution in [0.5, 0.6) is 5.75 Å². The van der Waals surface area contributed by atoms with Crippen molar-refractivity contribution in [3.05, 3.63) is 96.4 Å². The van der Waals surface area contributed by atoms with Crippen molar-refractivity contribution >= 4 is 22.7 Å². The Labute approximate surface area is 191 Å². The van der Waals surface area contributed by atoms with E-state index < -0.39 is 6.04 Å². The zero-order valence-electron chi connectivity index (χ0n) is 18.0. The Bertz CT molecular complexity index is 1260. The van der Waals surface area contributed by atoms with Crippen LogP contribution in [0.15, 0.2) is 85.3 Å². The van der Waals surface area contributed by atoms with Crippen LogP contribution in [0.25, 0.3) is 10.9 Å². The van der Waals surface area contributed by atoms with Gasteiger partial charge in [0.2, 0.25) is 5.91 Å². The van der Waals surface area contributed by atoms with Gasteiger partial charge in [0.05, 0.1) is 12.7 Å². The van der Waals surface area contributed by atoms with E-state index in [1.165, 1.54) is 0 Å². The third kappa shape index (κ3) is 4.57. The van der Waals surface area contributed by atoms with Gasteiger partial charge in [0.1, 0.15) is 17.9 Å². The van der Waals surface area contributed by atoms with Crippen molar-refractivity contribution in [2.45, 2.75) is 18.6 Å². The van der Waals surface area contributed by atoms with E-state index in [2.05, 4.69) is 15.3 Å². The minimum Gasteiger partial charge on any atom is -0.487 e. The molecule has 3 heterocycles. The number of nitrogens with one attached hydrogen (secondary N) is 2. The number of fused-ring (bicyclic) bond motifs is 1. The number of hydrogen-bond acceptors (Lipinski definition) is 4. The van der Waals surface area contributed by atoms with Gasteiger partial charge in [-0.05, 0) is 41.3 Å². The van der Waals surface area contributed by atoms with Crippen molar-refractivity contribution < 1.29 is 14.3 Å². The van der Waals surface area contributed by atoms with Crippen molar-refractivity contribution in [2.75, 3.05) is 13.1 Å². The number of amides is 2. The van der Waals surface area contributed by atoms with Gasteiger partial charge < -0.3 is 19.9 Å². The summed E-state index contributed by atoms with van der Waals surface area (Å²) in [6, 6.07) is 19.6. The SMILES string of the molecule is O=C(N[C@@H](C(=O)N1CCC(Oc2cccnc2)C1)c1ccccc1)c1ccc2cc[nH]c2c1. The summed E-state index contributed by atoms with van der Waals surface area (Å²) >= 11 is 0. The summed E-state index contributed by atoms with van der Waals surface area (Å²) in [5, 5.41) is 3.98. The van der Waals surface area contributed by atoms with Gasteiger partial charge in [-0.25, -0.2) is 0 Å². The first-order chi connectivity index (χ1) is 16.2. The van der Waals surface area contributed by atoms with Gasteiger partial charge in [-0.1, -0.05) is 36.4 Å². The van der Waals surface area contributed by atoms with Crippen LogP contribution in [-0.2, 0) is 4.79 Å². The molecule has 4 aromatic rings. The fraction of sp³-hybridized carbons (Fsp3) is 0.192. The highest BCUT2D eigenvalue weighted by Crippen LogP contribution is 2.23. The lowest BCUT2D eigenvalue weighted by atomic mass is 10.0. The third-order valence-corrected chi connectivity index (χ3v) is 5.87. The second-order valence-electron chi connectivity index (χ2n) is 8.10. The van der Waals surface area contributed by atoms with Gasteiger partial charge in [-0.3, -0.25) is 14.6 Å². The third-order valence-electron chi connectivity index (χ3n) is 5.87. The number of ether oxygens (including phenoxy) is 1. The topological polar surface area (TPSA) is 87.3 Å². The summed E-state index contributed by atoms with van der Waals surface area (Å²) in [5.74, 6) is 0.244. The van der Waals surface area contributed by atoms with Crippen LogP contribution in [-0.4, -0.2) is 45.9 Å². The molecule has 0 radical (unpaired) electrons. The van der Waals surface area contributed by atoms with Crippen LogP contribution < -0.4 is 10.1 Å². The number of aromatic amines is 1. The van der Waals surface area contributed by atoms with Crippen molar-refractivity contribution in [1.82, 2.24) is 20.2 Å². The average Bonchev–Trinajstić information content (AvgIpc) is 3.52. The Balaban J connectivity index is 1.33. The Morgan fingerprint density at radius 2 is 1.97 bits per heavy atom. The molecular weight excluding hydrogens is 416 g/mol. The molecule has 2 atom stereocenters. The van der Waals surface area contributed by atoms with Gasteiger partial charge in [0.25, 0.3) is 5.91 Å². The summed E-state index contributed by atoms with van der Waals surface area (Å²) in [4.78, 5) is 35.6. The van der Waals surface area contributed by atoms with E-state index in [4.69, 9.17) is 4.74 Å². The van der Waals surface area contributed by atoms with Crippen molar-refractivity contribution in [2.24, 2.45) is 0 Å². The van der Waals surface area contributed by atoms with E-state index in [1.54, 1.807) is 29.4 Å². The normalized spacial score (nSPS) is 16.5. The molecule has 2 N–H and O–H groups in total. The van der Waals surface area contributed by atoms with E-state index in [-0.39, 0.29) is 17.9 Å². The predicted octanol–water partition coefficient (Wildman–Crippen LogP) is 3.71. The zero-order chi connectivity index (χ0) is 22.6. The van der Waals surface area contributed by atoms with Crippen LogP contribution in [0.4, 0.5) is 0 Å². The largest absolute Gasteiger partial charge is 0.487 e. The predicted molar refractivity (Wildman–Crippen MR) is 125 cm³/mol. The fourth-order valence-electron chi connectivity index (χ4n) is 4.15. The van der Waals surface area contributed by atoms with Crippen molar-refractivity contribution in [3.8, 4) is 5.75 Å². The van der Waals surface area contributed by atoms with E-state index in [1.807, 2.05) is 60.8 Å². The van der Waals surface area contributed by atoms with Crippen molar-refractivity contribution in [3.63, 3.8) is 0 Å². The maximum atomic E-state index is 13.5. The molecule has 1 saturated heterocycles. The van der Waals surface area contributed by atoms with Crippen molar-refractivity contribution in [1.29, 1.82) is 0 Å². The van der Waals surface area contributed by atoms with Crippen LogP contribution in [0.1, 0.15) is 28.4 Å². The number of rotatable bonds is 6. The summed E-state index contributed by atoms with van der Waals surface area (Å²) < 4.78 is 5.98. The van der Waals surface area contributed by atoms with E-state index in [9.17, 15) is 9.59 Å². The molecule has 7 nitrogen and oxygen atoms in total. The highest BCUT2D eigenvalue weighted by atomic mass is 16.5. The van der Waals surface area contributed by atoms with Gasteiger partial charge in [0.15, 0.2) is 0 Å². The molecule has 0 aliphatic carbocycles. The van der Waals surface area contributed by atoms with Gasteiger partial charge in [-0.15, -0.1) is 0 Å². The summed E-state index contributed by atoms with van der Waals surface area (Å²) in [7, 11) is 0. The Morgan fingerprint density at radius 1 is 1.09 bits per heavy atom. The molecule has 2 aromatic carbocycles. The highest BCUT2D eigenvalue weighted by molar-refractivity contribution is 6.00. The minimum absolute atomic E-state index is 0.111. The molecule has 7 heteroatoms. The quantitative estimate of drug-likeness (QED) is 0.479. The number of carbonyl (C=O) groups excluding carboxylic acids is 2. The number of hydrogen-bond donors (Lipinski definition) is 2. The van der Waals surface area contributed by atoms with Crippen LogP contribution >= 0.6 is 0 Å². The molecule has 1 unspecified atom stereocenters. The highest BCUT2D eigenvalue weighted by Gasteiger charge is 2.33. The second-order valence-corrected chi connectivity index (χ2v) is 8.10. The molecule has 5 rings (SSSR count). The number of pyridine rings is 1. The lowest BCUT2D eigenvalue weighted by molar-refractivity contribution is -0.132. The summed E-state index contributed by atoms with van der Waals surface area (Å²) in [6.45, 7) is 1.03. The Morgan fingerprint density at radius 3 is 2.79 bits per heavy atom. The molecule has 166 valence electrons. The molecular formula is C26H24N4O3. The number of likely N-dealkylation sites (tertiary alicyclic amines) is 1. The summed E-state index contributed by atoms with van der Waals surface area (Å²) in [5.41, 5.74) is 2.12. The molecule has 0 spiro atoms. The Kier molecular flexibility index (Phi) is 5.76. The van der Waals surface area contributed by atoms with E-state index in [0.717, 1.165) is 22.9 Å². The zero-order valence-corrected chi connectivity index (χ0v) is 18.0. The second kappa shape index (κ2) is 9.16. The first-order valence-corrected chi connectivity index (χ1v) is 11.0. The maximum absolute atomic E-state index is 13.5. The molecule has 0 saturated carbocycles. The van der Waals surface area contributed by atoms with Crippen LogP contribution in [0.3, 0.4) is 0 Å². The van der Waals surface area contributed by atoms with Crippen LogP contribution in [0.2, 0.25) is 0 Å². The number of aromatic nitrogens is 2. The lowest BCUT2D eigenvalue weighted by Gasteiger charge is -2.25. The first kappa shape index (κ1) is 20.8. The molecule has 1 aliphatic rings. The standard InChI is InChI=1S/C26H24N4O3/c31-25(20-9-8-18-10-13-28-23(18)15-20)29-24(19-5-2-1-3-6-19)26(32)30-14-11-22(17-30)33-21-7-4-12-27-16-21/h1-10,12-13,15-16,22,24,28H,11,14,17H2,(H,29,31)/t22?,24-/m1/s1. The summed E-state index contributed by atoms with van der Waals surface area (Å²) in [6.07, 6.45) is 5.80. The molecule has 1 aliphatic heterocycles. The molecule has 2 amide bonds. The number of nitrogens with zero attached hydrogens (tertiary/aromatic N) is 2. The number of carbonyl (C=O) groups is 2. The fourth-order valence-corrected chi connectivity index (χ4v) is 4.15. The first-order valence-electron chi connectivity index (χ1n) is 11.0. The van der Waals surface area contributed by atoms with Gasteiger partial charge >= 0.3 is 0 Å². The molecule has 0 bridgehead atoms. The van der Waals surface area contributed by atoms with Gasteiger partial charge in [-0.2, -0.15) is 0 Å². The Hall–Kier alpha value is -4.13. The minimum atomic E-state index is -0.782. The lowest BCUT2D eigenvalue weighted by Crippen LogP contribution is -2.42. The molecule has 33 heavy (non-hydrogen) atoms. The smallest absolute Gasteiger partial charge is 0.252 e. The van der Waals surface area contributed by atoms with E-state index >= 15 is 0 Å². The maximum Gasteiger partial charge on any atom is 0.252 e. The molecule has 1 fully saturated rings. The average molecular weight is 441 g/mol. The van der Waals surface area contributed by atoms with Crippen LogP contribution in [0, 0.1) is 0 Å². The van der Waals surface area contributed by atoms with E-state index in [0.29, 0.717) is 24.4 Å². The number of benzene rings is 2.